The van der Waals surface area contributed by atoms with Crippen molar-refractivity contribution in [2.75, 3.05) is 17.2 Å². The summed E-state index contributed by atoms with van der Waals surface area (Å²) in [7, 11) is 0. The van der Waals surface area contributed by atoms with Crippen molar-refractivity contribution in [1.82, 2.24) is 9.97 Å². The Morgan fingerprint density at radius 2 is 1.77 bits per heavy atom. The van der Waals surface area contributed by atoms with Gasteiger partial charge in [-0.15, -0.1) is 11.3 Å². The van der Waals surface area contributed by atoms with Gasteiger partial charge in [0.05, 0.1) is 10.9 Å². The molecule has 0 aliphatic rings. The molecule has 0 radical (unpaired) electrons. The summed E-state index contributed by atoms with van der Waals surface area (Å²) in [6.07, 6.45) is 1.76. The molecule has 1 amide bonds. The van der Waals surface area contributed by atoms with Gasteiger partial charge in [0, 0.05) is 29.1 Å². The Morgan fingerprint density at radius 1 is 1.03 bits per heavy atom. The van der Waals surface area contributed by atoms with E-state index in [0.717, 1.165) is 26.2 Å². The Kier molecular flexibility index (Phi) is 5.90. The summed E-state index contributed by atoms with van der Waals surface area (Å²) in [5.41, 5.74) is 2.94. The van der Waals surface area contributed by atoms with Gasteiger partial charge in [0.1, 0.15) is 17.0 Å². The first-order valence-corrected chi connectivity index (χ1v) is 10.5. The van der Waals surface area contributed by atoms with Gasteiger partial charge in [-0.1, -0.05) is 30.3 Å². The van der Waals surface area contributed by atoms with E-state index in [1.165, 1.54) is 18.5 Å². The highest BCUT2D eigenvalue weighted by atomic mass is 32.1. The van der Waals surface area contributed by atoms with E-state index in [-0.39, 0.29) is 17.9 Å². The Morgan fingerprint density at radius 3 is 2.48 bits per heavy atom. The number of aromatic carboxylic acids is 1. The molecule has 2 aromatic carbocycles. The molecule has 8 heteroatoms. The largest absolute Gasteiger partial charge is 0.478 e. The molecule has 7 nitrogen and oxygen atoms in total. The standard InChI is InChI=1S/C23H20N4O3S/c1-14-19(15-5-3-2-4-6-15)20-21(25-13-26-22(20)31-14)24-12-11-18(28)27-17-9-7-16(8-10-17)23(29)30/h2-10,13H,11-12H2,1H3,(H,27,28)(H,29,30)(H,24,25,26). The van der Waals surface area contributed by atoms with E-state index in [1.54, 1.807) is 23.5 Å². The maximum atomic E-state index is 12.3. The van der Waals surface area contributed by atoms with Crippen LogP contribution in [0.15, 0.2) is 60.9 Å². The van der Waals surface area contributed by atoms with Crippen LogP contribution in [0.5, 0.6) is 0 Å². The van der Waals surface area contributed by atoms with Crippen LogP contribution < -0.4 is 10.6 Å². The number of amides is 1. The van der Waals surface area contributed by atoms with Crippen LogP contribution in [-0.4, -0.2) is 33.5 Å². The molecule has 2 aromatic heterocycles. The number of hydrogen-bond acceptors (Lipinski definition) is 6. The lowest BCUT2D eigenvalue weighted by Gasteiger charge is -2.09. The summed E-state index contributed by atoms with van der Waals surface area (Å²) in [5, 5.41) is 15.9. The number of fused-ring (bicyclic) bond motifs is 1. The van der Waals surface area contributed by atoms with Gasteiger partial charge in [0.15, 0.2) is 0 Å². The smallest absolute Gasteiger partial charge is 0.335 e. The van der Waals surface area contributed by atoms with Gasteiger partial charge in [-0.2, -0.15) is 0 Å². The fourth-order valence-corrected chi connectivity index (χ4v) is 4.36. The van der Waals surface area contributed by atoms with E-state index in [2.05, 4.69) is 39.7 Å². The van der Waals surface area contributed by atoms with Crippen molar-refractivity contribution >= 4 is 44.9 Å². The fraction of sp³-hybridized carbons (Fsp3) is 0.130. The van der Waals surface area contributed by atoms with Crippen LogP contribution in [0.2, 0.25) is 0 Å². The van der Waals surface area contributed by atoms with Crippen molar-refractivity contribution in [3.05, 3.63) is 71.4 Å². The van der Waals surface area contributed by atoms with Crippen molar-refractivity contribution in [1.29, 1.82) is 0 Å². The van der Waals surface area contributed by atoms with E-state index >= 15 is 0 Å². The van der Waals surface area contributed by atoms with Crippen molar-refractivity contribution in [3.63, 3.8) is 0 Å². The van der Waals surface area contributed by atoms with Gasteiger partial charge in [-0.25, -0.2) is 14.8 Å². The van der Waals surface area contributed by atoms with Gasteiger partial charge in [-0.05, 0) is 36.8 Å². The first-order valence-electron chi connectivity index (χ1n) is 9.69. The van der Waals surface area contributed by atoms with Crippen molar-refractivity contribution < 1.29 is 14.7 Å². The third kappa shape index (κ3) is 4.54. The molecule has 31 heavy (non-hydrogen) atoms. The number of thiophene rings is 1. The zero-order chi connectivity index (χ0) is 21.8. The highest BCUT2D eigenvalue weighted by molar-refractivity contribution is 7.19. The molecule has 3 N–H and O–H groups in total. The first kappa shape index (κ1) is 20.5. The topological polar surface area (TPSA) is 104 Å². The Bertz CT molecular complexity index is 1240. The molecule has 0 bridgehead atoms. The maximum absolute atomic E-state index is 12.3. The molecule has 0 spiro atoms. The molecule has 0 aliphatic heterocycles. The van der Waals surface area contributed by atoms with Crippen LogP contribution in [-0.2, 0) is 4.79 Å². The van der Waals surface area contributed by atoms with E-state index in [1.807, 2.05) is 18.2 Å². The zero-order valence-corrected chi connectivity index (χ0v) is 17.6. The van der Waals surface area contributed by atoms with Crippen LogP contribution in [0.3, 0.4) is 0 Å². The summed E-state index contributed by atoms with van der Waals surface area (Å²) < 4.78 is 0. The number of carboxylic acid groups (broad SMARTS) is 1. The number of aryl methyl sites for hydroxylation is 1. The molecule has 0 aliphatic carbocycles. The molecule has 2 heterocycles. The van der Waals surface area contributed by atoms with Crippen molar-refractivity contribution in [2.45, 2.75) is 13.3 Å². The SMILES string of the molecule is Cc1sc2ncnc(NCCC(=O)Nc3ccc(C(=O)O)cc3)c2c1-c1ccccc1. The predicted molar refractivity (Wildman–Crippen MR) is 123 cm³/mol. The second kappa shape index (κ2) is 8.93. The maximum Gasteiger partial charge on any atom is 0.335 e. The lowest BCUT2D eigenvalue weighted by Crippen LogP contribution is -2.16. The second-order valence-electron chi connectivity index (χ2n) is 6.91. The van der Waals surface area contributed by atoms with E-state index in [9.17, 15) is 9.59 Å². The highest BCUT2D eigenvalue weighted by Gasteiger charge is 2.16. The third-order valence-electron chi connectivity index (χ3n) is 4.79. The summed E-state index contributed by atoms with van der Waals surface area (Å²) in [5.74, 6) is -0.478. The first-order chi connectivity index (χ1) is 15.0. The number of rotatable bonds is 7. The molecule has 0 fully saturated rings. The summed E-state index contributed by atoms with van der Waals surface area (Å²) in [6.45, 7) is 2.47. The molecule has 0 saturated heterocycles. The monoisotopic (exact) mass is 432 g/mol. The predicted octanol–water partition coefficient (Wildman–Crippen LogP) is 4.81. The average molecular weight is 433 g/mol. The number of carbonyl (C=O) groups is 2. The van der Waals surface area contributed by atoms with Crippen LogP contribution in [0, 0.1) is 6.92 Å². The molecule has 4 rings (SSSR count). The average Bonchev–Trinajstić information content (AvgIpc) is 3.11. The van der Waals surface area contributed by atoms with E-state index < -0.39 is 5.97 Å². The lowest BCUT2D eigenvalue weighted by atomic mass is 10.0. The summed E-state index contributed by atoms with van der Waals surface area (Å²) >= 11 is 1.62. The minimum Gasteiger partial charge on any atom is -0.478 e. The molecule has 156 valence electrons. The zero-order valence-electron chi connectivity index (χ0n) is 16.8. The normalized spacial score (nSPS) is 10.7. The number of benzene rings is 2. The molecule has 0 saturated carbocycles. The van der Waals surface area contributed by atoms with Crippen molar-refractivity contribution in [2.24, 2.45) is 0 Å². The minimum absolute atomic E-state index is 0.174. The quantitative estimate of drug-likeness (QED) is 0.387. The van der Waals surface area contributed by atoms with E-state index in [4.69, 9.17) is 5.11 Å². The highest BCUT2D eigenvalue weighted by Crippen LogP contribution is 2.40. The molecular weight excluding hydrogens is 412 g/mol. The van der Waals surface area contributed by atoms with E-state index in [0.29, 0.717) is 18.1 Å². The molecular formula is C23H20N4O3S. The third-order valence-corrected chi connectivity index (χ3v) is 5.80. The van der Waals surface area contributed by atoms with Crippen LogP contribution in [0.4, 0.5) is 11.5 Å². The minimum atomic E-state index is -1.00. The van der Waals surface area contributed by atoms with Gasteiger partial charge in [-0.3, -0.25) is 4.79 Å². The van der Waals surface area contributed by atoms with Gasteiger partial charge >= 0.3 is 5.97 Å². The lowest BCUT2D eigenvalue weighted by molar-refractivity contribution is -0.115. The number of aromatic nitrogens is 2. The fourth-order valence-electron chi connectivity index (χ4n) is 3.34. The summed E-state index contributed by atoms with van der Waals surface area (Å²) in [6, 6.07) is 16.2. The number of carbonyl (C=O) groups excluding carboxylic acids is 1. The number of anilines is 2. The van der Waals surface area contributed by atoms with Crippen LogP contribution in [0.25, 0.3) is 21.3 Å². The van der Waals surface area contributed by atoms with Crippen LogP contribution in [0.1, 0.15) is 21.7 Å². The van der Waals surface area contributed by atoms with Crippen LogP contribution >= 0.6 is 11.3 Å². The number of nitrogens with one attached hydrogen (secondary N) is 2. The van der Waals surface area contributed by atoms with Gasteiger partial charge in [0.25, 0.3) is 0 Å². The Balaban J connectivity index is 1.46. The molecule has 4 aromatic rings. The molecule has 0 atom stereocenters. The second-order valence-corrected chi connectivity index (χ2v) is 8.11. The number of carboxylic acids is 1. The summed E-state index contributed by atoms with van der Waals surface area (Å²) in [4.78, 5) is 34.1. The Hall–Kier alpha value is -3.78. The van der Waals surface area contributed by atoms with Gasteiger partial charge < -0.3 is 15.7 Å². The Labute approximate surface area is 182 Å². The number of hydrogen-bond donors (Lipinski definition) is 3. The van der Waals surface area contributed by atoms with Gasteiger partial charge in [0.2, 0.25) is 5.91 Å². The molecule has 0 unspecified atom stereocenters. The van der Waals surface area contributed by atoms with Crippen molar-refractivity contribution in [3.8, 4) is 11.1 Å². The number of nitrogens with zero attached hydrogens (tertiary/aromatic N) is 2.